The van der Waals surface area contributed by atoms with E-state index in [0.29, 0.717) is 17.1 Å². The fraction of sp³-hybridized carbons (Fsp3) is 0.400. The van der Waals surface area contributed by atoms with Crippen molar-refractivity contribution in [1.82, 2.24) is 0 Å². The highest BCUT2D eigenvalue weighted by molar-refractivity contribution is 5.43. The van der Waals surface area contributed by atoms with Crippen molar-refractivity contribution in [2.45, 2.75) is 6.29 Å². The number of hydrogen-bond donors (Lipinski definition) is 1. The molecule has 14 heavy (non-hydrogen) atoms. The molecule has 0 fully saturated rings. The molecule has 78 valence electrons. The number of methoxy groups -OCH3 is 3. The van der Waals surface area contributed by atoms with E-state index in [1.54, 1.807) is 32.4 Å². The number of ether oxygens (including phenoxy) is 3. The summed E-state index contributed by atoms with van der Waals surface area (Å²) < 4.78 is 14.9. The van der Waals surface area contributed by atoms with Gasteiger partial charge < -0.3 is 19.3 Å². The molecule has 1 rings (SSSR count). The van der Waals surface area contributed by atoms with Gasteiger partial charge >= 0.3 is 0 Å². The Morgan fingerprint density at radius 1 is 1.07 bits per heavy atom. The SMILES string of the molecule is COc1ccc(C(O)OC)cc1OC. The van der Waals surface area contributed by atoms with Crippen LogP contribution in [0.5, 0.6) is 11.5 Å². The molecule has 0 heterocycles. The van der Waals surface area contributed by atoms with Crippen LogP contribution in [0.15, 0.2) is 18.2 Å². The molecule has 0 aliphatic heterocycles. The van der Waals surface area contributed by atoms with E-state index in [1.807, 2.05) is 0 Å². The van der Waals surface area contributed by atoms with E-state index < -0.39 is 6.29 Å². The lowest BCUT2D eigenvalue weighted by molar-refractivity contribution is -0.0770. The van der Waals surface area contributed by atoms with Gasteiger partial charge in [-0.15, -0.1) is 0 Å². The van der Waals surface area contributed by atoms with Gasteiger partial charge in [0.1, 0.15) is 0 Å². The van der Waals surface area contributed by atoms with Gasteiger partial charge in [0, 0.05) is 12.7 Å². The van der Waals surface area contributed by atoms with Crippen molar-refractivity contribution in [3.63, 3.8) is 0 Å². The predicted octanol–water partition coefficient (Wildman–Crippen LogP) is 1.34. The summed E-state index contributed by atoms with van der Waals surface area (Å²) in [5.41, 5.74) is 0.630. The Morgan fingerprint density at radius 3 is 2.21 bits per heavy atom. The Labute approximate surface area is 83.0 Å². The molecular weight excluding hydrogens is 184 g/mol. The highest BCUT2D eigenvalue weighted by Gasteiger charge is 2.10. The van der Waals surface area contributed by atoms with Crippen LogP contribution in [0, 0.1) is 0 Å². The van der Waals surface area contributed by atoms with Crippen LogP contribution in [0.3, 0.4) is 0 Å². The molecule has 0 saturated heterocycles. The molecule has 0 amide bonds. The summed E-state index contributed by atoms with van der Waals surface area (Å²) in [7, 11) is 4.53. The van der Waals surface area contributed by atoms with E-state index in [2.05, 4.69) is 0 Å². The van der Waals surface area contributed by atoms with Crippen molar-refractivity contribution in [3.8, 4) is 11.5 Å². The van der Waals surface area contributed by atoms with E-state index in [0.717, 1.165) is 0 Å². The van der Waals surface area contributed by atoms with Gasteiger partial charge in [0.2, 0.25) is 0 Å². The maximum absolute atomic E-state index is 9.39. The van der Waals surface area contributed by atoms with Gasteiger partial charge in [-0.25, -0.2) is 0 Å². The summed E-state index contributed by atoms with van der Waals surface area (Å²) in [5, 5.41) is 9.39. The second kappa shape index (κ2) is 4.83. The average Bonchev–Trinajstić information content (AvgIpc) is 2.26. The molecular formula is C10H14O4. The van der Waals surface area contributed by atoms with Crippen molar-refractivity contribution in [2.75, 3.05) is 21.3 Å². The Morgan fingerprint density at radius 2 is 1.71 bits per heavy atom. The third kappa shape index (κ3) is 2.16. The summed E-state index contributed by atoms with van der Waals surface area (Å²) in [6.07, 6.45) is -0.935. The minimum Gasteiger partial charge on any atom is -0.493 e. The molecule has 1 unspecified atom stereocenters. The van der Waals surface area contributed by atoms with E-state index in [-0.39, 0.29) is 0 Å². The molecule has 1 aromatic carbocycles. The van der Waals surface area contributed by atoms with Crippen molar-refractivity contribution >= 4 is 0 Å². The predicted molar refractivity (Wildman–Crippen MR) is 51.5 cm³/mol. The molecule has 1 aromatic rings. The van der Waals surface area contributed by atoms with Crippen molar-refractivity contribution in [1.29, 1.82) is 0 Å². The quantitative estimate of drug-likeness (QED) is 0.742. The Balaban J connectivity index is 3.01. The van der Waals surface area contributed by atoms with Gasteiger partial charge in [-0.1, -0.05) is 6.07 Å². The van der Waals surface area contributed by atoms with Crippen LogP contribution in [-0.2, 0) is 4.74 Å². The first-order valence-electron chi connectivity index (χ1n) is 4.15. The van der Waals surface area contributed by atoms with E-state index in [4.69, 9.17) is 14.2 Å². The molecule has 0 spiro atoms. The normalized spacial score (nSPS) is 12.3. The average molecular weight is 198 g/mol. The van der Waals surface area contributed by atoms with E-state index >= 15 is 0 Å². The van der Waals surface area contributed by atoms with Crippen LogP contribution in [0.1, 0.15) is 11.9 Å². The second-order valence-corrected chi connectivity index (χ2v) is 2.70. The first-order valence-corrected chi connectivity index (χ1v) is 4.15. The van der Waals surface area contributed by atoms with Gasteiger partial charge in [-0.05, 0) is 12.1 Å². The van der Waals surface area contributed by atoms with Crippen LogP contribution in [0.2, 0.25) is 0 Å². The van der Waals surface area contributed by atoms with E-state index in [9.17, 15) is 5.11 Å². The number of aliphatic hydroxyl groups is 1. The molecule has 0 bridgehead atoms. The van der Waals surface area contributed by atoms with Crippen LogP contribution < -0.4 is 9.47 Å². The maximum atomic E-state index is 9.39. The monoisotopic (exact) mass is 198 g/mol. The maximum Gasteiger partial charge on any atom is 0.180 e. The Hall–Kier alpha value is -1.26. The van der Waals surface area contributed by atoms with Gasteiger partial charge in [-0.3, -0.25) is 0 Å². The first-order chi connectivity index (χ1) is 6.72. The zero-order chi connectivity index (χ0) is 10.6. The lowest BCUT2D eigenvalue weighted by Gasteiger charge is -2.12. The van der Waals surface area contributed by atoms with Crippen LogP contribution in [0.25, 0.3) is 0 Å². The van der Waals surface area contributed by atoms with Crippen LogP contribution in [0.4, 0.5) is 0 Å². The summed E-state index contributed by atoms with van der Waals surface area (Å²) in [4.78, 5) is 0. The van der Waals surface area contributed by atoms with E-state index in [1.165, 1.54) is 7.11 Å². The molecule has 0 aliphatic carbocycles. The summed E-state index contributed by atoms with van der Waals surface area (Å²) in [6, 6.07) is 5.11. The van der Waals surface area contributed by atoms with Gasteiger partial charge in [0.05, 0.1) is 14.2 Å². The lowest BCUT2D eigenvalue weighted by Crippen LogP contribution is -2.00. The minimum absolute atomic E-state index is 0.570. The summed E-state index contributed by atoms with van der Waals surface area (Å²) in [5.74, 6) is 1.20. The standard InChI is InChI=1S/C10H14O4/c1-12-8-5-4-7(10(11)14-3)6-9(8)13-2/h4-6,10-11H,1-3H3. The topological polar surface area (TPSA) is 47.9 Å². The number of aliphatic hydroxyl groups excluding tert-OH is 1. The number of benzene rings is 1. The fourth-order valence-corrected chi connectivity index (χ4v) is 1.14. The van der Waals surface area contributed by atoms with Crippen LogP contribution >= 0.6 is 0 Å². The Bertz CT molecular complexity index is 298. The Kier molecular flexibility index (Phi) is 3.73. The molecule has 4 nitrogen and oxygen atoms in total. The highest BCUT2D eigenvalue weighted by atomic mass is 16.6. The fourth-order valence-electron chi connectivity index (χ4n) is 1.14. The third-order valence-corrected chi connectivity index (χ3v) is 1.92. The highest BCUT2D eigenvalue weighted by Crippen LogP contribution is 2.29. The smallest absolute Gasteiger partial charge is 0.180 e. The van der Waals surface area contributed by atoms with Gasteiger partial charge in [0.25, 0.3) is 0 Å². The van der Waals surface area contributed by atoms with Crippen molar-refractivity contribution in [3.05, 3.63) is 23.8 Å². The zero-order valence-electron chi connectivity index (χ0n) is 8.48. The number of rotatable bonds is 4. The zero-order valence-corrected chi connectivity index (χ0v) is 8.48. The largest absolute Gasteiger partial charge is 0.493 e. The van der Waals surface area contributed by atoms with Gasteiger partial charge in [-0.2, -0.15) is 0 Å². The molecule has 0 aromatic heterocycles. The molecule has 0 radical (unpaired) electrons. The molecule has 0 saturated carbocycles. The lowest BCUT2D eigenvalue weighted by atomic mass is 10.2. The first kappa shape index (κ1) is 10.8. The van der Waals surface area contributed by atoms with Gasteiger partial charge in [0.15, 0.2) is 17.8 Å². The summed E-state index contributed by atoms with van der Waals surface area (Å²) >= 11 is 0. The molecule has 4 heteroatoms. The van der Waals surface area contributed by atoms with Crippen LogP contribution in [-0.4, -0.2) is 26.4 Å². The van der Waals surface area contributed by atoms with Crippen molar-refractivity contribution in [2.24, 2.45) is 0 Å². The number of hydrogen-bond acceptors (Lipinski definition) is 4. The molecule has 1 atom stereocenters. The minimum atomic E-state index is -0.935. The summed E-state index contributed by atoms with van der Waals surface area (Å²) in [6.45, 7) is 0. The second-order valence-electron chi connectivity index (χ2n) is 2.70. The molecule has 0 aliphatic rings. The molecule has 1 N–H and O–H groups in total. The van der Waals surface area contributed by atoms with Crippen molar-refractivity contribution < 1.29 is 19.3 Å². The third-order valence-electron chi connectivity index (χ3n) is 1.92.